The summed E-state index contributed by atoms with van der Waals surface area (Å²) in [6.07, 6.45) is 0. The summed E-state index contributed by atoms with van der Waals surface area (Å²) in [4.78, 5) is 2.43. The molecule has 1 aromatic rings. The van der Waals surface area contributed by atoms with Crippen LogP contribution in [0.5, 0.6) is 0 Å². The highest BCUT2D eigenvalue weighted by molar-refractivity contribution is 5.52. The predicted octanol–water partition coefficient (Wildman–Crippen LogP) is 1.99. The Labute approximate surface area is 79.4 Å². The van der Waals surface area contributed by atoms with Crippen LogP contribution < -0.4 is 5.73 Å². The van der Waals surface area contributed by atoms with Crippen LogP contribution in [0.2, 0.25) is 0 Å². The molecular weight excluding hydrogens is 160 g/mol. The van der Waals surface area contributed by atoms with Crippen LogP contribution in [0.25, 0.3) is 0 Å². The van der Waals surface area contributed by atoms with Gasteiger partial charge in [-0.1, -0.05) is 12.1 Å². The van der Waals surface area contributed by atoms with Gasteiger partial charge in [0.1, 0.15) is 0 Å². The van der Waals surface area contributed by atoms with E-state index in [1.807, 2.05) is 12.1 Å². The molecule has 0 spiro atoms. The molecule has 0 bridgehead atoms. The van der Waals surface area contributed by atoms with Crippen molar-refractivity contribution in [3.63, 3.8) is 0 Å². The highest BCUT2D eigenvalue weighted by Gasteiger charge is 2.21. The highest BCUT2D eigenvalue weighted by atomic mass is 15.2. The molecule has 0 saturated carbocycles. The maximum absolute atomic E-state index is 5.91. The molecule has 1 aliphatic rings. The van der Waals surface area contributed by atoms with Gasteiger partial charge in [0, 0.05) is 24.8 Å². The predicted molar refractivity (Wildman–Crippen MR) is 55.2 cm³/mol. The molecule has 0 saturated heterocycles. The molecule has 2 rings (SSSR count). The van der Waals surface area contributed by atoms with Crippen molar-refractivity contribution in [3.8, 4) is 0 Å². The first-order valence-corrected chi connectivity index (χ1v) is 4.79. The lowest BCUT2D eigenvalue weighted by Gasteiger charge is -2.19. The largest absolute Gasteiger partial charge is 0.398 e. The first-order valence-electron chi connectivity index (χ1n) is 4.79. The minimum atomic E-state index is 0.604. The second kappa shape index (κ2) is 3.04. The van der Waals surface area contributed by atoms with Gasteiger partial charge in [0.25, 0.3) is 0 Å². The molecular formula is C11H16N2. The summed E-state index contributed by atoms with van der Waals surface area (Å²) >= 11 is 0. The summed E-state index contributed by atoms with van der Waals surface area (Å²) in [5.74, 6) is 0. The molecule has 1 aromatic carbocycles. The molecule has 0 amide bonds. The fourth-order valence-corrected chi connectivity index (χ4v) is 1.84. The molecule has 0 aliphatic carbocycles. The molecule has 13 heavy (non-hydrogen) atoms. The van der Waals surface area contributed by atoms with E-state index in [4.69, 9.17) is 5.73 Å². The van der Waals surface area contributed by atoms with Crippen molar-refractivity contribution in [2.24, 2.45) is 0 Å². The van der Waals surface area contributed by atoms with Crippen LogP contribution in [0, 0.1) is 0 Å². The van der Waals surface area contributed by atoms with Crippen molar-refractivity contribution in [2.75, 3.05) is 5.73 Å². The number of hydrogen-bond acceptors (Lipinski definition) is 2. The molecule has 2 N–H and O–H groups in total. The standard InChI is InChI=1S/C11H16N2/c1-8(2)13-6-9-4-3-5-11(12)10(9)7-13/h3-5,8H,6-7,12H2,1-2H3. The molecule has 70 valence electrons. The van der Waals surface area contributed by atoms with Crippen LogP contribution in [-0.4, -0.2) is 10.9 Å². The Kier molecular flexibility index (Phi) is 2.00. The van der Waals surface area contributed by atoms with Crippen molar-refractivity contribution >= 4 is 5.69 Å². The Hall–Kier alpha value is -1.02. The summed E-state index contributed by atoms with van der Waals surface area (Å²) in [5, 5.41) is 0. The van der Waals surface area contributed by atoms with E-state index in [1.165, 1.54) is 11.1 Å². The number of anilines is 1. The number of hydrogen-bond donors (Lipinski definition) is 1. The van der Waals surface area contributed by atoms with Crippen LogP contribution in [-0.2, 0) is 13.1 Å². The normalized spacial score (nSPS) is 16.5. The lowest BCUT2D eigenvalue weighted by Crippen LogP contribution is -2.24. The Bertz CT molecular complexity index is 318. The molecule has 0 fully saturated rings. The number of nitrogen functional groups attached to an aromatic ring is 1. The molecule has 2 heteroatoms. The minimum absolute atomic E-state index is 0.604. The summed E-state index contributed by atoms with van der Waals surface area (Å²) in [6, 6.07) is 6.81. The Balaban J connectivity index is 2.30. The highest BCUT2D eigenvalue weighted by Crippen LogP contribution is 2.28. The summed E-state index contributed by atoms with van der Waals surface area (Å²) in [6.45, 7) is 6.52. The van der Waals surface area contributed by atoms with Gasteiger partial charge >= 0.3 is 0 Å². The zero-order valence-electron chi connectivity index (χ0n) is 8.25. The molecule has 2 nitrogen and oxygen atoms in total. The van der Waals surface area contributed by atoms with E-state index in [-0.39, 0.29) is 0 Å². The average molecular weight is 176 g/mol. The van der Waals surface area contributed by atoms with Crippen LogP contribution in [0.3, 0.4) is 0 Å². The van der Waals surface area contributed by atoms with Crippen molar-refractivity contribution in [1.82, 2.24) is 4.90 Å². The fourth-order valence-electron chi connectivity index (χ4n) is 1.84. The third kappa shape index (κ3) is 1.42. The Morgan fingerprint density at radius 3 is 2.69 bits per heavy atom. The van der Waals surface area contributed by atoms with Gasteiger partial charge in [0.15, 0.2) is 0 Å². The van der Waals surface area contributed by atoms with Crippen LogP contribution in [0.15, 0.2) is 18.2 Å². The van der Waals surface area contributed by atoms with E-state index in [0.717, 1.165) is 18.8 Å². The SMILES string of the molecule is CC(C)N1Cc2cccc(N)c2C1. The van der Waals surface area contributed by atoms with Gasteiger partial charge in [-0.25, -0.2) is 0 Å². The van der Waals surface area contributed by atoms with Crippen molar-refractivity contribution < 1.29 is 0 Å². The zero-order chi connectivity index (χ0) is 9.42. The van der Waals surface area contributed by atoms with E-state index in [0.29, 0.717) is 6.04 Å². The molecule has 0 unspecified atom stereocenters. The summed E-state index contributed by atoms with van der Waals surface area (Å²) in [5.41, 5.74) is 9.58. The lowest BCUT2D eigenvalue weighted by atomic mass is 10.1. The van der Waals surface area contributed by atoms with Gasteiger partial charge in [-0.3, -0.25) is 4.90 Å². The monoisotopic (exact) mass is 176 g/mol. The maximum atomic E-state index is 5.91. The lowest BCUT2D eigenvalue weighted by molar-refractivity contribution is 0.227. The van der Waals surface area contributed by atoms with E-state index < -0.39 is 0 Å². The van der Waals surface area contributed by atoms with Gasteiger partial charge < -0.3 is 5.73 Å². The topological polar surface area (TPSA) is 29.3 Å². The number of rotatable bonds is 1. The van der Waals surface area contributed by atoms with Crippen molar-refractivity contribution in [2.45, 2.75) is 33.0 Å². The zero-order valence-corrected chi connectivity index (χ0v) is 8.25. The Morgan fingerprint density at radius 1 is 1.31 bits per heavy atom. The van der Waals surface area contributed by atoms with Crippen LogP contribution >= 0.6 is 0 Å². The number of fused-ring (bicyclic) bond motifs is 1. The molecule has 0 radical (unpaired) electrons. The van der Waals surface area contributed by atoms with Gasteiger partial charge in [-0.05, 0) is 31.0 Å². The first-order chi connectivity index (χ1) is 6.18. The third-order valence-corrected chi connectivity index (χ3v) is 2.77. The minimum Gasteiger partial charge on any atom is -0.398 e. The van der Waals surface area contributed by atoms with Crippen LogP contribution in [0.4, 0.5) is 5.69 Å². The second-order valence-electron chi connectivity index (χ2n) is 3.98. The van der Waals surface area contributed by atoms with E-state index in [9.17, 15) is 0 Å². The maximum Gasteiger partial charge on any atom is 0.0363 e. The molecule has 0 atom stereocenters. The number of nitrogens with two attached hydrogens (primary N) is 1. The van der Waals surface area contributed by atoms with E-state index in [2.05, 4.69) is 24.8 Å². The van der Waals surface area contributed by atoms with Crippen molar-refractivity contribution in [3.05, 3.63) is 29.3 Å². The van der Waals surface area contributed by atoms with E-state index >= 15 is 0 Å². The van der Waals surface area contributed by atoms with Crippen molar-refractivity contribution in [1.29, 1.82) is 0 Å². The molecule has 1 aliphatic heterocycles. The first kappa shape index (κ1) is 8.57. The molecule has 1 heterocycles. The van der Waals surface area contributed by atoms with E-state index in [1.54, 1.807) is 0 Å². The average Bonchev–Trinajstić information content (AvgIpc) is 2.49. The third-order valence-electron chi connectivity index (χ3n) is 2.77. The number of nitrogens with zero attached hydrogens (tertiary/aromatic N) is 1. The van der Waals surface area contributed by atoms with Gasteiger partial charge in [0.05, 0.1) is 0 Å². The fraction of sp³-hybridized carbons (Fsp3) is 0.455. The summed E-state index contributed by atoms with van der Waals surface area (Å²) < 4.78 is 0. The van der Waals surface area contributed by atoms with Crippen LogP contribution in [0.1, 0.15) is 25.0 Å². The van der Waals surface area contributed by atoms with Gasteiger partial charge in [-0.2, -0.15) is 0 Å². The number of benzene rings is 1. The quantitative estimate of drug-likeness (QED) is 0.663. The second-order valence-corrected chi connectivity index (χ2v) is 3.98. The Morgan fingerprint density at radius 2 is 2.08 bits per heavy atom. The molecule has 0 aromatic heterocycles. The smallest absolute Gasteiger partial charge is 0.0363 e. The van der Waals surface area contributed by atoms with Gasteiger partial charge in [-0.15, -0.1) is 0 Å². The summed E-state index contributed by atoms with van der Waals surface area (Å²) in [7, 11) is 0. The van der Waals surface area contributed by atoms with Gasteiger partial charge in [0.2, 0.25) is 0 Å².